The van der Waals surface area contributed by atoms with Gasteiger partial charge in [-0.2, -0.15) is 13.2 Å². The zero-order valence-corrected chi connectivity index (χ0v) is 18.5. The summed E-state index contributed by atoms with van der Waals surface area (Å²) in [5.41, 5.74) is -0.133. The van der Waals surface area contributed by atoms with Crippen LogP contribution in [0.2, 0.25) is 0 Å². The van der Waals surface area contributed by atoms with E-state index in [1.165, 1.54) is 6.92 Å². The molecule has 0 radical (unpaired) electrons. The molecule has 0 aromatic rings. The van der Waals surface area contributed by atoms with Gasteiger partial charge < -0.3 is 14.5 Å². The molecule has 0 spiro atoms. The first kappa shape index (κ1) is 24.0. The predicted molar refractivity (Wildman–Crippen MR) is 112 cm³/mol. The summed E-state index contributed by atoms with van der Waals surface area (Å²) in [5.74, 6) is 0. The molecule has 1 aliphatic carbocycles. The van der Waals surface area contributed by atoms with Gasteiger partial charge in [-0.05, 0) is 47.0 Å². The van der Waals surface area contributed by atoms with Crippen LogP contribution in [0.15, 0.2) is 40.2 Å². The van der Waals surface area contributed by atoms with Crippen LogP contribution >= 0.6 is 0 Å². The highest BCUT2D eigenvalue weighted by molar-refractivity contribution is 6.03. The van der Waals surface area contributed by atoms with Gasteiger partial charge >= 0.3 is 12.3 Å². The summed E-state index contributed by atoms with van der Waals surface area (Å²) >= 11 is 0. The normalized spacial score (nSPS) is 21.1. The van der Waals surface area contributed by atoms with Crippen LogP contribution in [-0.4, -0.2) is 59.6 Å². The number of hydrogen-bond acceptors (Lipinski definition) is 4. The lowest BCUT2D eigenvalue weighted by Gasteiger charge is -2.37. The Morgan fingerprint density at radius 3 is 2.17 bits per heavy atom. The molecule has 0 bridgehead atoms. The van der Waals surface area contributed by atoms with E-state index in [-0.39, 0.29) is 17.3 Å². The van der Waals surface area contributed by atoms with E-state index >= 15 is 0 Å². The third kappa shape index (κ3) is 6.12. The molecule has 2 aliphatic rings. The molecule has 1 heterocycles. The van der Waals surface area contributed by atoms with Gasteiger partial charge in [0, 0.05) is 49.4 Å². The molecule has 1 saturated carbocycles. The third-order valence-electron chi connectivity index (χ3n) is 5.50. The highest BCUT2D eigenvalue weighted by Crippen LogP contribution is 2.39. The lowest BCUT2D eigenvalue weighted by molar-refractivity contribution is -0.0891. The molecule has 168 valence electrons. The highest BCUT2D eigenvalue weighted by atomic mass is 19.4. The SMILES string of the molecule is C\C=C(C(/C(C)=N/C=C/CC)=C(/C)N1CCN(C(=O)OC2(C)CC2)CC1)\C(F)(F)F. The molecule has 8 heteroatoms. The standard InChI is InChI=1S/C22H32F3N3O2/c1-6-8-11-26-16(3)19(18(7-2)22(23,24)25)17(4)27-12-14-28(15-13-27)20(29)30-21(5)9-10-21/h7-8,11H,6,9-10,12-15H2,1-5H3/b11-8+,18-7+,19-17-,26-16+. The molecule has 1 saturated heterocycles. The van der Waals surface area contributed by atoms with Gasteiger partial charge in [0.2, 0.25) is 0 Å². The Kier molecular flexibility index (Phi) is 7.77. The molecular weight excluding hydrogens is 395 g/mol. The first-order valence-electron chi connectivity index (χ1n) is 10.4. The van der Waals surface area contributed by atoms with E-state index in [1.807, 2.05) is 18.7 Å². The van der Waals surface area contributed by atoms with Crippen molar-refractivity contribution in [3.63, 3.8) is 0 Å². The van der Waals surface area contributed by atoms with Crippen LogP contribution in [0.25, 0.3) is 0 Å². The molecule has 0 N–H and O–H groups in total. The Morgan fingerprint density at radius 1 is 1.13 bits per heavy atom. The minimum absolute atomic E-state index is 0.0901. The number of nitrogens with zero attached hydrogens (tertiary/aromatic N) is 3. The second kappa shape index (κ2) is 9.71. The molecule has 0 unspecified atom stereocenters. The van der Waals surface area contributed by atoms with Crippen LogP contribution in [0.5, 0.6) is 0 Å². The van der Waals surface area contributed by atoms with E-state index in [0.29, 0.717) is 37.6 Å². The fourth-order valence-electron chi connectivity index (χ4n) is 3.37. The molecule has 2 rings (SSSR count). The van der Waals surface area contributed by atoms with Gasteiger partial charge in [-0.25, -0.2) is 4.79 Å². The summed E-state index contributed by atoms with van der Waals surface area (Å²) in [5, 5.41) is 0. The van der Waals surface area contributed by atoms with E-state index in [0.717, 1.165) is 25.3 Å². The summed E-state index contributed by atoms with van der Waals surface area (Å²) in [6.45, 7) is 10.2. The van der Waals surface area contributed by atoms with Crippen LogP contribution in [-0.2, 0) is 4.74 Å². The van der Waals surface area contributed by atoms with Crippen molar-refractivity contribution in [2.75, 3.05) is 26.2 Å². The maximum Gasteiger partial charge on any atom is 0.416 e. The number of carbonyl (C=O) groups excluding carboxylic acids is 1. The number of carbonyl (C=O) groups is 1. The van der Waals surface area contributed by atoms with Crippen LogP contribution in [0.4, 0.5) is 18.0 Å². The number of amides is 1. The van der Waals surface area contributed by atoms with Crippen molar-refractivity contribution in [2.24, 2.45) is 4.99 Å². The van der Waals surface area contributed by atoms with Crippen molar-refractivity contribution in [3.05, 3.63) is 35.2 Å². The van der Waals surface area contributed by atoms with E-state index in [1.54, 1.807) is 31.0 Å². The second-order valence-corrected chi connectivity index (χ2v) is 7.96. The van der Waals surface area contributed by atoms with E-state index in [9.17, 15) is 18.0 Å². The zero-order chi connectivity index (χ0) is 22.5. The minimum Gasteiger partial charge on any atom is -0.443 e. The summed E-state index contributed by atoms with van der Waals surface area (Å²) in [6.07, 6.45) is 2.10. The Hall–Kier alpha value is -2.25. The number of ether oxygens (including phenoxy) is 1. The van der Waals surface area contributed by atoms with Crippen molar-refractivity contribution < 1.29 is 22.7 Å². The van der Waals surface area contributed by atoms with Crippen molar-refractivity contribution in [3.8, 4) is 0 Å². The maximum atomic E-state index is 13.7. The summed E-state index contributed by atoms with van der Waals surface area (Å²) < 4.78 is 46.6. The Labute approximate surface area is 177 Å². The fourth-order valence-corrected chi connectivity index (χ4v) is 3.37. The van der Waals surface area contributed by atoms with Crippen LogP contribution in [0.1, 0.15) is 53.9 Å². The van der Waals surface area contributed by atoms with Gasteiger partial charge in [0.1, 0.15) is 5.60 Å². The minimum atomic E-state index is -4.48. The molecule has 0 atom stereocenters. The average molecular weight is 428 g/mol. The van der Waals surface area contributed by atoms with Crippen molar-refractivity contribution in [2.45, 2.75) is 65.7 Å². The number of hydrogen-bond donors (Lipinski definition) is 0. The molecule has 30 heavy (non-hydrogen) atoms. The second-order valence-electron chi connectivity index (χ2n) is 7.96. The molecule has 5 nitrogen and oxygen atoms in total. The largest absolute Gasteiger partial charge is 0.443 e. The van der Waals surface area contributed by atoms with Crippen LogP contribution < -0.4 is 0 Å². The van der Waals surface area contributed by atoms with E-state index in [4.69, 9.17) is 4.74 Å². The first-order valence-corrected chi connectivity index (χ1v) is 10.4. The lowest BCUT2D eigenvalue weighted by atomic mass is 9.98. The number of rotatable bonds is 6. The quantitative estimate of drug-likeness (QED) is 0.418. The number of alkyl halides is 3. The number of halogens is 3. The smallest absolute Gasteiger partial charge is 0.416 e. The predicted octanol–water partition coefficient (Wildman–Crippen LogP) is 5.46. The maximum absolute atomic E-state index is 13.7. The van der Waals surface area contributed by atoms with E-state index in [2.05, 4.69) is 4.99 Å². The molecular formula is C22H32F3N3O2. The van der Waals surface area contributed by atoms with Gasteiger partial charge in [-0.15, -0.1) is 0 Å². The fraction of sp³-hybridized carbons (Fsp3) is 0.636. The number of aliphatic imine (C=N–C) groups is 1. The Morgan fingerprint density at radius 2 is 1.70 bits per heavy atom. The Bertz CT molecular complexity index is 754. The summed E-state index contributed by atoms with van der Waals surface area (Å²) in [4.78, 5) is 20.0. The topological polar surface area (TPSA) is 45.1 Å². The molecule has 2 fully saturated rings. The van der Waals surface area contributed by atoms with Crippen LogP contribution in [0.3, 0.4) is 0 Å². The van der Waals surface area contributed by atoms with E-state index < -0.39 is 11.7 Å². The van der Waals surface area contributed by atoms with Crippen molar-refractivity contribution in [1.82, 2.24) is 9.80 Å². The first-order chi connectivity index (χ1) is 14.0. The van der Waals surface area contributed by atoms with Gasteiger partial charge in [0.15, 0.2) is 0 Å². The monoisotopic (exact) mass is 427 g/mol. The van der Waals surface area contributed by atoms with Crippen LogP contribution in [0, 0.1) is 0 Å². The number of allylic oxidation sites excluding steroid dienone is 5. The third-order valence-corrected chi connectivity index (χ3v) is 5.50. The Balaban J connectivity index is 2.23. The summed E-state index contributed by atoms with van der Waals surface area (Å²) in [7, 11) is 0. The lowest BCUT2D eigenvalue weighted by Crippen LogP contribution is -2.49. The molecule has 0 aromatic heterocycles. The van der Waals surface area contributed by atoms with Gasteiger partial charge in [-0.3, -0.25) is 4.99 Å². The van der Waals surface area contributed by atoms with Gasteiger partial charge in [0.05, 0.1) is 5.57 Å². The van der Waals surface area contributed by atoms with Crippen molar-refractivity contribution in [1.29, 1.82) is 0 Å². The average Bonchev–Trinajstić information content (AvgIpc) is 3.41. The molecule has 0 aromatic carbocycles. The summed E-state index contributed by atoms with van der Waals surface area (Å²) in [6, 6.07) is 0. The highest BCUT2D eigenvalue weighted by Gasteiger charge is 2.43. The van der Waals surface area contributed by atoms with Gasteiger partial charge in [-0.1, -0.05) is 19.1 Å². The molecule has 1 amide bonds. The zero-order valence-electron chi connectivity index (χ0n) is 18.5. The van der Waals surface area contributed by atoms with Crippen molar-refractivity contribution >= 4 is 11.8 Å². The molecule has 1 aliphatic heterocycles. The number of piperazine rings is 1. The van der Waals surface area contributed by atoms with Gasteiger partial charge in [0.25, 0.3) is 0 Å².